The Hall–Kier alpha value is -6.76. The standard InChI is InChI=1S/C52H34/c1-3-13-45-36(9-1)11-7-17-47(45)38-21-19-35(20-22-38)41-27-28-43-34-44(30-29-42(43)33-41)50-32-31-49(51-15-5-6-16-52(50)51)40-25-23-39(24-26-40)48-18-8-12-37-10-2-4-14-46(37)48/h1-34H. The van der Waals surface area contributed by atoms with Crippen molar-refractivity contribution >= 4 is 43.1 Å². The van der Waals surface area contributed by atoms with E-state index >= 15 is 0 Å². The quantitative estimate of drug-likeness (QED) is 0.173. The van der Waals surface area contributed by atoms with Crippen molar-refractivity contribution in [3.63, 3.8) is 0 Å². The van der Waals surface area contributed by atoms with Gasteiger partial charge in [0.05, 0.1) is 0 Å². The average molecular weight is 659 g/mol. The Morgan fingerprint density at radius 1 is 0.173 bits per heavy atom. The first-order valence-electron chi connectivity index (χ1n) is 18.0. The van der Waals surface area contributed by atoms with Gasteiger partial charge in [-0.2, -0.15) is 0 Å². The molecule has 10 aromatic rings. The average Bonchev–Trinajstić information content (AvgIpc) is 3.22. The molecule has 0 radical (unpaired) electrons. The van der Waals surface area contributed by atoms with Crippen molar-refractivity contribution in [3.8, 4) is 55.6 Å². The van der Waals surface area contributed by atoms with Crippen LogP contribution in [-0.2, 0) is 0 Å². The van der Waals surface area contributed by atoms with E-state index in [0.29, 0.717) is 0 Å². The molecule has 0 aliphatic heterocycles. The Labute approximate surface area is 303 Å². The molecule has 0 saturated carbocycles. The molecule has 0 bridgehead atoms. The van der Waals surface area contributed by atoms with E-state index in [4.69, 9.17) is 0 Å². The van der Waals surface area contributed by atoms with Crippen LogP contribution >= 0.6 is 0 Å². The van der Waals surface area contributed by atoms with E-state index in [9.17, 15) is 0 Å². The summed E-state index contributed by atoms with van der Waals surface area (Å²) in [6.07, 6.45) is 0. The summed E-state index contributed by atoms with van der Waals surface area (Å²) in [5.41, 5.74) is 12.4. The zero-order valence-corrected chi connectivity index (χ0v) is 28.6. The second-order valence-electron chi connectivity index (χ2n) is 13.7. The maximum Gasteiger partial charge on any atom is -0.00992 e. The molecule has 242 valence electrons. The molecule has 0 saturated heterocycles. The Morgan fingerprint density at radius 3 is 1.04 bits per heavy atom. The van der Waals surface area contributed by atoms with E-state index in [2.05, 4.69) is 206 Å². The van der Waals surface area contributed by atoms with E-state index in [1.165, 1.54) is 98.7 Å². The van der Waals surface area contributed by atoms with Crippen molar-refractivity contribution in [2.45, 2.75) is 0 Å². The van der Waals surface area contributed by atoms with E-state index < -0.39 is 0 Å². The van der Waals surface area contributed by atoms with Crippen LogP contribution in [0.25, 0.3) is 98.7 Å². The molecule has 0 fully saturated rings. The van der Waals surface area contributed by atoms with Crippen LogP contribution in [0, 0.1) is 0 Å². The van der Waals surface area contributed by atoms with Gasteiger partial charge in [-0.15, -0.1) is 0 Å². The minimum atomic E-state index is 1.22. The van der Waals surface area contributed by atoms with Gasteiger partial charge < -0.3 is 0 Å². The summed E-state index contributed by atoms with van der Waals surface area (Å²) in [6, 6.07) is 75.5. The van der Waals surface area contributed by atoms with Gasteiger partial charge in [0.15, 0.2) is 0 Å². The molecule has 0 nitrogen and oxygen atoms in total. The number of fused-ring (bicyclic) bond motifs is 4. The van der Waals surface area contributed by atoms with Gasteiger partial charge in [0.2, 0.25) is 0 Å². The normalized spacial score (nSPS) is 11.5. The summed E-state index contributed by atoms with van der Waals surface area (Å²) in [7, 11) is 0. The Balaban J connectivity index is 0.959. The van der Waals surface area contributed by atoms with Gasteiger partial charge in [0.25, 0.3) is 0 Å². The molecule has 0 N–H and O–H groups in total. The number of hydrogen-bond donors (Lipinski definition) is 0. The first kappa shape index (κ1) is 30.1. The van der Waals surface area contributed by atoms with Crippen LogP contribution in [0.3, 0.4) is 0 Å². The second kappa shape index (κ2) is 12.5. The topological polar surface area (TPSA) is 0 Å². The molecule has 0 heteroatoms. The van der Waals surface area contributed by atoms with Crippen LogP contribution < -0.4 is 0 Å². The lowest BCUT2D eigenvalue weighted by atomic mass is 9.90. The largest absolute Gasteiger partial charge is 0.0616 e. The lowest BCUT2D eigenvalue weighted by Crippen LogP contribution is -1.87. The van der Waals surface area contributed by atoms with Crippen molar-refractivity contribution in [3.05, 3.63) is 206 Å². The van der Waals surface area contributed by atoms with Crippen molar-refractivity contribution in [2.75, 3.05) is 0 Å². The highest BCUT2D eigenvalue weighted by Gasteiger charge is 2.12. The van der Waals surface area contributed by atoms with Gasteiger partial charge in [-0.25, -0.2) is 0 Å². The molecule has 0 spiro atoms. The van der Waals surface area contributed by atoms with E-state index in [1.54, 1.807) is 0 Å². The van der Waals surface area contributed by atoms with E-state index in [0.717, 1.165) is 0 Å². The van der Waals surface area contributed by atoms with Gasteiger partial charge in [-0.1, -0.05) is 194 Å². The predicted octanol–water partition coefficient (Wildman–Crippen LogP) is 14.6. The predicted molar refractivity (Wildman–Crippen MR) is 224 cm³/mol. The highest BCUT2D eigenvalue weighted by atomic mass is 14.2. The first-order chi connectivity index (χ1) is 25.8. The lowest BCUT2D eigenvalue weighted by Gasteiger charge is -2.14. The monoisotopic (exact) mass is 658 g/mol. The number of hydrogen-bond acceptors (Lipinski definition) is 0. The van der Waals surface area contributed by atoms with Gasteiger partial charge in [0.1, 0.15) is 0 Å². The fraction of sp³-hybridized carbons (Fsp3) is 0. The van der Waals surface area contributed by atoms with Crippen LogP contribution in [0.15, 0.2) is 206 Å². The summed E-state index contributed by atoms with van der Waals surface area (Å²) in [5, 5.41) is 10.1. The summed E-state index contributed by atoms with van der Waals surface area (Å²) < 4.78 is 0. The van der Waals surface area contributed by atoms with E-state index in [-0.39, 0.29) is 0 Å². The zero-order chi connectivity index (χ0) is 34.4. The van der Waals surface area contributed by atoms with Crippen LogP contribution in [-0.4, -0.2) is 0 Å². The molecule has 0 heterocycles. The molecule has 10 rings (SSSR count). The van der Waals surface area contributed by atoms with Crippen LogP contribution in [0.2, 0.25) is 0 Å². The fourth-order valence-electron chi connectivity index (χ4n) is 8.02. The van der Waals surface area contributed by atoms with Crippen molar-refractivity contribution in [1.29, 1.82) is 0 Å². The zero-order valence-electron chi connectivity index (χ0n) is 28.6. The molecular formula is C52H34. The molecule has 52 heavy (non-hydrogen) atoms. The molecule has 0 atom stereocenters. The van der Waals surface area contributed by atoms with Crippen molar-refractivity contribution < 1.29 is 0 Å². The molecular weight excluding hydrogens is 625 g/mol. The summed E-state index contributed by atoms with van der Waals surface area (Å²) in [5.74, 6) is 0. The highest BCUT2D eigenvalue weighted by molar-refractivity contribution is 6.06. The maximum absolute atomic E-state index is 2.34. The minimum absolute atomic E-state index is 1.22. The number of benzene rings is 10. The summed E-state index contributed by atoms with van der Waals surface area (Å²) in [6.45, 7) is 0. The summed E-state index contributed by atoms with van der Waals surface area (Å²) >= 11 is 0. The third-order valence-corrected chi connectivity index (χ3v) is 10.7. The van der Waals surface area contributed by atoms with Gasteiger partial charge in [-0.05, 0) is 111 Å². The fourth-order valence-corrected chi connectivity index (χ4v) is 8.02. The lowest BCUT2D eigenvalue weighted by molar-refractivity contribution is 1.61. The molecule has 0 aromatic heterocycles. The van der Waals surface area contributed by atoms with Crippen molar-refractivity contribution in [2.24, 2.45) is 0 Å². The highest BCUT2D eigenvalue weighted by Crippen LogP contribution is 2.39. The summed E-state index contributed by atoms with van der Waals surface area (Å²) in [4.78, 5) is 0. The first-order valence-corrected chi connectivity index (χ1v) is 18.0. The van der Waals surface area contributed by atoms with Gasteiger partial charge >= 0.3 is 0 Å². The third-order valence-electron chi connectivity index (χ3n) is 10.7. The van der Waals surface area contributed by atoms with Gasteiger partial charge in [-0.3, -0.25) is 0 Å². The molecule has 0 unspecified atom stereocenters. The van der Waals surface area contributed by atoms with E-state index in [1.807, 2.05) is 0 Å². The SMILES string of the molecule is c1ccc2c(-c3ccc(-c4ccc5cc(-c6ccc(-c7ccc(-c8cccc9ccccc89)cc7)c7ccccc67)ccc5c4)cc3)cccc2c1. The molecule has 10 aromatic carbocycles. The minimum Gasteiger partial charge on any atom is -0.0616 e. The third kappa shape index (κ3) is 5.25. The number of rotatable bonds is 5. The molecule has 0 aliphatic carbocycles. The maximum atomic E-state index is 2.34. The smallest absolute Gasteiger partial charge is 0.00992 e. The van der Waals surface area contributed by atoms with Crippen LogP contribution in [0.1, 0.15) is 0 Å². The molecule has 0 aliphatic rings. The second-order valence-corrected chi connectivity index (χ2v) is 13.7. The van der Waals surface area contributed by atoms with Gasteiger partial charge in [0, 0.05) is 0 Å². The Kier molecular flexibility index (Phi) is 7.25. The molecule has 0 amide bonds. The Bertz CT molecular complexity index is 2920. The van der Waals surface area contributed by atoms with Crippen LogP contribution in [0.4, 0.5) is 0 Å². The van der Waals surface area contributed by atoms with Crippen molar-refractivity contribution in [1.82, 2.24) is 0 Å². The Morgan fingerprint density at radius 2 is 0.519 bits per heavy atom. The van der Waals surface area contributed by atoms with Crippen LogP contribution in [0.5, 0.6) is 0 Å².